The summed E-state index contributed by atoms with van der Waals surface area (Å²) in [4.78, 5) is 12.0. The smallest absolute Gasteiger partial charge is 0.261 e. The van der Waals surface area contributed by atoms with Crippen molar-refractivity contribution in [1.82, 2.24) is 20.4 Å². The van der Waals surface area contributed by atoms with Gasteiger partial charge < -0.3 is 0 Å². The molecule has 3 rings (SSSR count). The van der Waals surface area contributed by atoms with Gasteiger partial charge in [0.2, 0.25) is 0 Å². The highest BCUT2D eigenvalue weighted by atomic mass is 16.2. The maximum Gasteiger partial charge on any atom is 0.261 e. The average molecular weight is 321 g/mol. The van der Waals surface area contributed by atoms with E-state index < -0.39 is 0 Å². The second-order valence-electron chi connectivity index (χ2n) is 5.85. The summed E-state index contributed by atoms with van der Waals surface area (Å²) in [6.07, 6.45) is 1.63. The maximum absolute atomic E-state index is 12.0. The Morgan fingerprint density at radius 2 is 1.96 bits per heavy atom. The highest BCUT2D eigenvalue weighted by Gasteiger charge is 2.07. The van der Waals surface area contributed by atoms with E-state index in [2.05, 4.69) is 46.8 Å². The molecule has 3 aromatic rings. The van der Waals surface area contributed by atoms with Crippen molar-refractivity contribution < 1.29 is 4.79 Å². The van der Waals surface area contributed by atoms with E-state index in [0.717, 1.165) is 16.6 Å². The minimum Gasteiger partial charge on any atom is -0.271 e. The second-order valence-corrected chi connectivity index (χ2v) is 5.85. The molecule has 1 amide bonds. The van der Waals surface area contributed by atoms with Gasteiger partial charge in [-0.3, -0.25) is 4.79 Å². The van der Waals surface area contributed by atoms with Gasteiger partial charge >= 0.3 is 0 Å². The van der Waals surface area contributed by atoms with Crippen LogP contribution in [-0.2, 0) is 11.3 Å². The quantitative estimate of drug-likeness (QED) is 0.580. The lowest BCUT2D eigenvalue weighted by atomic mass is 10.0. The number of nitrogens with zero attached hydrogens (tertiary/aromatic N) is 4. The Hall–Kier alpha value is -3.02. The van der Waals surface area contributed by atoms with Gasteiger partial charge in [-0.25, -0.2) is 10.1 Å². The summed E-state index contributed by atoms with van der Waals surface area (Å²) in [5, 5.41) is 12.0. The predicted octanol–water partition coefficient (Wildman–Crippen LogP) is 2.71. The fraction of sp³-hybridized carbons (Fsp3) is 0.222. The van der Waals surface area contributed by atoms with Crippen LogP contribution >= 0.6 is 0 Å². The maximum atomic E-state index is 12.0. The van der Waals surface area contributed by atoms with Crippen LogP contribution < -0.4 is 5.43 Å². The molecule has 0 saturated heterocycles. The molecule has 2 aromatic carbocycles. The van der Waals surface area contributed by atoms with Gasteiger partial charge in [-0.15, -0.1) is 5.10 Å². The molecule has 24 heavy (non-hydrogen) atoms. The highest BCUT2D eigenvalue weighted by Crippen LogP contribution is 2.13. The zero-order valence-electron chi connectivity index (χ0n) is 13.7. The molecule has 1 aromatic heterocycles. The number of carbonyl (C=O) groups is 1. The van der Waals surface area contributed by atoms with E-state index in [-0.39, 0.29) is 12.5 Å². The molecular formula is C18H19N5O. The van der Waals surface area contributed by atoms with Crippen molar-refractivity contribution in [1.29, 1.82) is 0 Å². The Morgan fingerprint density at radius 3 is 2.71 bits per heavy atom. The van der Waals surface area contributed by atoms with Crippen LogP contribution in [0, 0.1) is 0 Å². The third kappa shape index (κ3) is 3.65. The molecule has 1 N–H and O–H groups in total. The van der Waals surface area contributed by atoms with Gasteiger partial charge in [-0.05, 0) is 29.2 Å². The Bertz CT molecular complexity index is 865. The van der Waals surface area contributed by atoms with Crippen molar-refractivity contribution >= 4 is 23.2 Å². The third-order valence-corrected chi connectivity index (χ3v) is 3.72. The van der Waals surface area contributed by atoms with Crippen molar-refractivity contribution in [3.63, 3.8) is 0 Å². The molecule has 0 unspecified atom stereocenters. The van der Waals surface area contributed by atoms with Crippen LogP contribution in [0.2, 0.25) is 0 Å². The molecule has 0 saturated carbocycles. The summed E-state index contributed by atoms with van der Waals surface area (Å²) in [6.45, 7) is 4.37. The molecular weight excluding hydrogens is 302 g/mol. The van der Waals surface area contributed by atoms with Crippen LogP contribution in [0.15, 0.2) is 53.6 Å². The van der Waals surface area contributed by atoms with Crippen LogP contribution in [0.4, 0.5) is 0 Å². The number of hydrazone groups is 1. The van der Waals surface area contributed by atoms with Crippen LogP contribution in [0.25, 0.3) is 11.0 Å². The van der Waals surface area contributed by atoms with Crippen LogP contribution in [0.3, 0.4) is 0 Å². The first-order chi connectivity index (χ1) is 11.6. The van der Waals surface area contributed by atoms with Crippen molar-refractivity contribution in [2.45, 2.75) is 26.3 Å². The number of benzene rings is 2. The lowest BCUT2D eigenvalue weighted by Crippen LogP contribution is -2.23. The fourth-order valence-corrected chi connectivity index (χ4v) is 2.35. The molecule has 0 aliphatic heterocycles. The number of fused-ring (bicyclic) bond motifs is 1. The molecule has 6 nitrogen and oxygen atoms in total. The molecule has 0 aliphatic rings. The zero-order chi connectivity index (χ0) is 16.9. The number of hydrogen-bond donors (Lipinski definition) is 1. The van der Waals surface area contributed by atoms with E-state index >= 15 is 0 Å². The molecule has 0 spiro atoms. The Balaban J connectivity index is 1.59. The van der Waals surface area contributed by atoms with Gasteiger partial charge in [-0.2, -0.15) is 5.10 Å². The Kier molecular flexibility index (Phi) is 4.65. The predicted molar refractivity (Wildman–Crippen MR) is 93.8 cm³/mol. The third-order valence-electron chi connectivity index (χ3n) is 3.72. The molecule has 0 aliphatic carbocycles. The SMILES string of the molecule is CC(C)c1ccc(/C=N/NC(=O)Cn2nnc3ccccc32)cc1. The van der Waals surface area contributed by atoms with Crippen LogP contribution in [-0.4, -0.2) is 27.1 Å². The molecule has 0 atom stereocenters. The summed E-state index contributed by atoms with van der Waals surface area (Å²) >= 11 is 0. The molecule has 6 heteroatoms. The summed E-state index contributed by atoms with van der Waals surface area (Å²) < 4.78 is 1.55. The van der Waals surface area contributed by atoms with E-state index in [1.54, 1.807) is 10.9 Å². The highest BCUT2D eigenvalue weighted by molar-refractivity contribution is 5.83. The molecule has 1 heterocycles. The number of rotatable bonds is 5. The summed E-state index contributed by atoms with van der Waals surface area (Å²) in [7, 11) is 0. The number of nitrogens with one attached hydrogen (secondary N) is 1. The first kappa shape index (κ1) is 15.9. The monoisotopic (exact) mass is 321 g/mol. The van der Waals surface area contributed by atoms with Gasteiger partial charge in [0, 0.05) is 0 Å². The van der Waals surface area contributed by atoms with E-state index in [1.807, 2.05) is 36.4 Å². The minimum absolute atomic E-state index is 0.0736. The summed E-state index contributed by atoms with van der Waals surface area (Å²) in [5.41, 5.74) is 6.31. The molecule has 0 bridgehead atoms. The van der Waals surface area contributed by atoms with E-state index in [1.165, 1.54) is 5.56 Å². The zero-order valence-corrected chi connectivity index (χ0v) is 13.7. The number of carbonyl (C=O) groups excluding carboxylic acids is 1. The second kappa shape index (κ2) is 7.04. The van der Waals surface area contributed by atoms with E-state index in [0.29, 0.717) is 5.92 Å². The normalized spacial score (nSPS) is 11.5. The van der Waals surface area contributed by atoms with Gasteiger partial charge in [0.15, 0.2) is 0 Å². The van der Waals surface area contributed by atoms with E-state index in [9.17, 15) is 4.79 Å². The number of hydrogen-bond acceptors (Lipinski definition) is 4. The van der Waals surface area contributed by atoms with Crippen molar-refractivity contribution in [3.05, 3.63) is 59.7 Å². The van der Waals surface area contributed by atoms with Crippen molar-refractivity contribution in [2.24, 2.45) is 5.10 Å². The first-order valence-electron chi connectivity index (χ1n) is 7.83. The lowest BCUT2D eigenvalue weighted by molar-refractivity contribution is -0.121. The van der Waals surface area contributed by atoms with Gasteiger partial charge in [-0.1, -0.05) is 55.5 Å². The summed E-state index contributed by atoms with van der Waals surface area (Å²) in [5.74, 6) is 0.244. The van der Waals surface area contributed by atoms with Crippen molar-refractivity contribution in [3.8, 4) is 0 Å². The van der Waals surface area contributed by atoms with Crippen molar-refractivity contribution in [2.75, 3.05) is 0 Å². The molecule has 0 fully saturated rings. The topological polar surface area (TPSA) is 72.2 Å². The van der Waals surface area contributed by atoms with Crippen LogP contribution in [0.1, 0.15) is 30.9 Å². The Morgan fingerprint density at radius 1 is 1.21 bits per heavy atom. The first-order valence-corrected chi connectivity index (χ1v) is 7.83. The molecule has 122 valence electrons. The fourth-order valence-electron chi connectivity index (χ4n) is 2.35. The average Bonchev–Trinajstić information content (AvgIpc) is 2.98. The van der Waals surface area contributed by atoms with Gasteiger partial charge in [0.05, 0.1) is 11.7 Å². The standard InChI is InChI=1S/C18H19N5O/c1-13(2)15-9-7-14(8-10-15)11-19-21-18(24)12-23-17-6-4-3-5-16(17)20-22-23/h3-11,13H,12H2,1-2H3,(H,21,24)/b19-11+. The lowest BCUT2D eigenvalue weighted by Gasteiger charge is -2.04. The number of para-hydroxylation sites is 1. The minimum atomic E-state index is -0.249. The van der Waals surface area contributed by atoms with Gasteiger partial charge in [0.25, 0.3) is 5.91 Å². The number of amides is 1. The largest absolute Gasteiger partial charge is 0.271 e. The van der Waals surface area contributed by atoms with Crippen LogP contribution in [0.5, 0.6) is 0 Å². The Labute approximate surface area is 140 Å². The summed E-state index contributed by atoms with van der Waals surface area (Å²) in [6, 6.07) is 15.6. The van der Waals surface area contributed by atoms with Gasteiger partial charge in [0.1, 0.15) is 12.1 Å². The molecule has 0 radical (unpaired) electrons. The number of aromatic nitrogens is 3. The van der Waals surface area contributed by atoms with E-state index in [4.69, 9.17) is 0 Å².